The summed E-state index contributed by atoms with van der Waals surface area (Å²) in [7, 11) is 0. The van der Waals surface area contributed by atoms with E-state index in [-0.39, 0.29) is 11.0 Å². The fourth-order valence-electron chi connectivity index (χ4n) is 3.20. The zero-order valence-electron chi connectivity index (χ0n) is 16.3. The maximum absolute atomic E-state index is 12.5. The first kappa shape index (κ1) is 20.1. The molecule has 1 heterocycles. The van der Waals surface area contributed by atoms with Crippen LogP contribution in [0.1, 0.15) is 21.5 Å². The van der Waals surface area contributed by atoms with Crippen LogP contribution in [0.25, 0.3) is 22.6 Å². The van der Waals surface area contributed by atoms with Crippen molar-refractivity contribution in [1.82, 2.24) is 10.3 Å². The molecule has 0 saturated heterocycles. The Balaban J connectivity index is 1.50. The number of carbonyl (C=O) groups is 1. The van der Waals surface area contributed by atoms with Gasteiger partial charge in [0.15, 0.2) is 10.7 Å². The number of benzene rings is 3. The summed E-state index contributed by atoms with van der Waals surface area (Å²) in [5, 5.41) is 6.49. The smallest absolute Gasteiger partial charge is 0.257 e. The molecule has 1 aromatic heterocycles. The molecule has 3 aromatic carbocycles. The van der Waals surface area contributed by atoms with Crippen molar-refractivity contribution in [3.63, 3.8) is 0 Å². The molecule has 30 heavy (non-hydrogen) atoms. The first-order valence-corrected chi connectivity index (χ1v) is 10.0. The summed E-state index contributed by atoms with van der Waals surface area (Å²) in [6, 6.07) is 18.4. The summed E-state index contributed by atoms with van der Waals surface area (Å²) >= 11 is 11.5. The predicted octanol–water partition coefficient (Wildman–Crippen LogP) is 5.89. The Morgan fingerprint density at radius 3 is 2.50 bits per heavy atom. The number of amides is 1. The van der Waals surface area contributed by atoms with Gasteiger partial charge in [0.2, 0.25) is 5.89 Å². The third-order valence-corrected chi connectivity index (χ3v) is 4.99. The van der Waals surface area contributed by atoms with Gasteiger partial charge >= 0.3 is 0 Å². The number of thiocarbonyl (C=S) groups is 1. The molecule has 4 aromatic rings. The molecule has 1 amide bonds. The van der Waals surface area contributed by atoms with Crippen LogP contribution in [-0.4, -0.2) is 16.0 Å². The minimum Gasteiger partial charge on any atom is -0.436 e. The Hall–Kier alpha value is -3.22. The quantitative estimate of drug-likeness (QED) is 0.392. The van der Waals surface area contributed by atoms with Gasteiger partial charge in [0.05, 0.1) is 10.6 Å². The largest absolute Gasteiger partial charge is 0.436 e. The number of aromatic nitrogens is 1. The van der Waals surface area contributed by atoms with Crippen molar-refractivity contribution >= 4 is 51.6 Å². The molecule has 4 rings (SSSR count). The average Bonchev–Trinajstić information content (AvgIpc) is 3.10. The van der Waals surface area contributed by atoms with Gasteiger partial charge < -0.3 is 9.73 Å². The van der Waals surface area contributed by atoms with Gasteiger partial charge in [-0.25, -0.2) is 4.98 Å². The topological polar surface area (TPSA) is 67.2 Å². The van der Waals surface area contributed by atoms with Crippen molar-refractivity contribution in [2.45, 2.75) is 13.8 Å². The summed E-state index contributed by atoms with van der Waals surface area (Å²) in [5.41, 5.74) is 5.29. The van der Waals surface area contributed by atoms with Gasteiger partial charge in [0, 0.05) is 11.3 Å². The molecule has 150 valence electrons. The molecule has 0 aliphatic rings. The number of anilines is 1. The van der Waals surface area contributed by atoms with Gasteiger partial charge in [0.1, 0.15) is 5.52 Å². The monoisotopic (exact) mass is 435 g/mol. The van der Waals surface area contributed by atoms with E-state index in [0.717, 1.165) is 16.7 Å². The summed E-state index contributed by atoms with van der Waals surface area (Å²) in [4.78, 5) is 17.0. The zero-order chi connectivity index (χ0) is 21.3. The van der Waals surface area contributed by atoms with Crippen LogP contribution in [0.5, 0.6) is 0 Å². The first-order chi connectivity index (χ1) is 14.4. The molecule has 0 radical (unpaired) electrons. The fraction of sp³-hybridized carbons (Fsp3) is 0.0870. The van der Waals surface area contributed by atoms with Crippen molar-refractivity contribution < 1.29 is 9.21 Å². The number of halogens is 1. The highest BCUT2D eigenvalue weighted by molar-refractivity contribution is 7.80. The standard InChI is InChI=1S/C23H18ClN3O2S/c1-13-9-14(2)11-15(10-13)21(28)27-23(30)25-16-7-8-20-19(12-16)26-22(29-20)17-5-3-4-6-18(17)24/h3-12H,1-2H3,(H2,25,27,28,30). The Bertz CT molecular complexity index is 1260. The number of fused-ring (bicyclic) bond motifs is 1. The Kier molecular flexibility index (Phi) is 5.53. The normalized spacial score (nSPS) is 10.8. The third kappa shape index (κ3) is 4.35. The van der Waals surface area contributed by atoms with Crippen LogP contribution in [0, 0.1) is 13.8 Å². The van der Waals surface area contributed by atoms with Crippen LogP contribution in [0.15, 0.2) is 65.1 Å². The number of nitrogens with one attached hydrogen (secondary N) is 2. The molecule has 0 bridgehead atoms. The van der Waals surface area contributed by atoms with E-state index in [2.05, 4.69) is 15.6 Å². The lowest BCUT2D eigenvalue weighted by atomic mass is 10.1. The molecular weight excluding hydrogens is 418 g/mol. The minimum atomic E-state index is -0.261. The van der Waals surface area contributed by atoms with Gasteiger partial charge in [-0.2, -0.15) is 0 Å². The van der Waals surface area contributed by atoms with E-state index in [4.69, 9.17) is 28.2 Å². The SMILES string of the molecule is Cc1cc(C)cc(C(=O)NC(=S)Nc2ccc3oc(-c4ccccc4Cl)nc3c2)c1. The second-order valence-electron chi connectivity index (χ2n) is 6.97. The first-order valence-electron chi connectivity index (χ1n) is 9.25. The van der Waals surface area contributed by atoms with Crippen molar-refractivity contribution in [2.75, 3.05) is 5.32 Å². The Morgan fingerprint density at radius 1 is 1.03 bits per heavy atom. The molecule has 0 fully saturated rings. The van der Waals surface area contributed by atoms with Crippen molar-refractivity contribution in [3.8, 4) is 11.5 Å². The number of nitrogens with zero attached hydrogens (tertiary/aromatic N) is 1. The van der Waals surface area contributed by atoms with Gasteiger partial charge in [-0.3, -0.25) is 10.1 Å². The molecule has 7 heteroatoms. The van der Waals surface area contributed by atoms with E-state index >= 15 is 0 Å². The average molecular weight is 436 g/mol. The molecule has 0 atom stereocenters. The Morgan fingerprint density at radius 2 is 1.77 bits per heavy atom. The number of rotatable bonds is 3. The molecule has 0 spiro atoms. The lowest BCUT2D eigenvalue weighted by Gasteiger charge is -2.10. The number of hydrogen-bond donors (Lipinski definition) is 2. The minimum absolute atomic E-state index is 0.202. The van der Waals surface area contributed by atoms with E-state index in [9.17, 15) is 4.79 Å². The second-order valence-corrected chi connectivity index (χ2v) is 7.78. The summed E-state index contributed by atoms with van der Waals surface area (Å²) in [5.74, 6) is 0.182. The van der Waals surface area contributed by atoms with Crippen LogP contribution in [-0.2, 0) is 0 Å². The molecule has 0 saturated carbocycles. The second kappa shape index (κ2) is 8.26. The number of oxazole rings is 1. The highest BCUT2D eigenvalue weighted by Crippen LogP contribution is 2.30. The predicted molar refractivity (Wildman–Crippen MR) is 124 cm³/mol. The number of hydrogen-bond acceptors (Lipinski definition) is 4. The van der Waals surface area contributed by atoms with E-state index in [0.29, 0.717) is 33.3 Å². The fourth-order valence-corrected chi connectivity index (χ4v) is 3.63. The maximum atomic E-state index is 12.5. The van der Waals surface area contributed by atoms with Crippen LogP contribution in [0.4, 0.5) is 5.69 Å². The lowest BCUT2D eigenvalue weighted by molar-refractivity contribution is 0.0977. The zero-order valence-corrected chi connectivity index (χ0v) is 17.9. The van der Waals surface area contributed by atoms with Crippen LogP contribution in [0.3, 0.4) is 0 Å². The van der Waals surface area contributed by atoms with Crippen LogP contribution >= 0.6 is 23.8 Å². The highest BCUT2D eigenvalue weighted by Gasteiger charge is 2.13. The number of carbonyl (C=O) groups excluding carboxylic acids is 1. The van der Waals surface area contributed by atoms with Gasteiger partial charge in [-0.15, -0.1) is 0 Å². The van der Waals surface area contributed by atoms with E-state index in [1.807, 2.05) is 50.2 Å². The third-order valence-electron chi connectivity index (χ3n) is 4.46. The summed E-state index contributed by atoms with van der Waals surface area (Å²) < 4.78 is 5.81. The molecule has 0 aliphatic heterocycles. The van der Waals surface area contributed by atoms with E-state index in [1.165, 1.54) is 0 Å². The highest BCUT2D eigenvalue weighted by atomic mass is 35.5. The number of aryl methyl sites for hydroxylation is 2. The van der Waals surface area contributed by atoms with E-state index < -0.39 is 0 Å². The molecule has 0 unspecified atom stereocenters. The van der Waals surface area contributed by atoms with Crippen molar-refractivity contribution in [2.24, 2.45) is 0 Å². The Labute approximate surface area is 184 Å². The van der Waals surface area contributed by atoms with Crippen LogP contribution in [0.2, 0.25) is 5.02 Å². The summed E-state index contributed by atoms with van der Waals surface area (Å²) in [6.45, 7) is 3.90. The molecule has 0 aliphatic carbocycles. The van der Waals surface area contributed by atoms with Gasteiger partial charge in [-0.05, 0) is 68.5 Å². The molecular formula is C23H18ClN3O2S. The van der Waals surface area contributed by atoms with Gasteiger partial charge in [0.25, 0.3) is 5.91 Å². The van der Waals surface area contributed by atoms with Crippen LogP contribution < -0.4 is 10.6 Å². The van der Waals surface area contributed by atoms with Crippen molar-refractivity contribution in [3.05, 3.63) is 82.4 Å². The summed E-state index contributed by atoms with van der Waals surface area (Å²) in [6.07, 6.45) is 0. The lowest BCUT2D eigenvalue weighted by Crippen LogP contribution is -2.34. The maximum Gasteiger partial charge on any atom is 0.257 e. The van der Waals surface area contributed by atoms with E-state index in [1.54, 1.807) is 24.3 Å². The molecule has 5 nitrogen and oxygen atoms in total. The van der Waals surface area contributed by atoms with Gasteiger partial charge in [-0.1, -0.05) is 40.9 Å². The molecule has 2 N–H and O–H groups in total. The van der Waals surface area contributed by atoms with Crippen molar-refractivity contribution in [1.29, 1.82) is 0 Å².